The molecule has 0 atom stereocenters. The van der Waals surface area contributed by atoms with Crippen molar-refractivity contribution >= 4 is 14.2 Å². The molecule has 0 heterocycles. The van der Waals surface area contributed by atoms with Gasteiger partial charge in [0.15, 0.2) is 0 Å². The van der Waals surface area contributed by atoms with Crippen LogP contribution in [0.1, 0.15) is 44.9 Å². The highest BCUT2D eigenvalue weighted by Gasteiger charge is 2.32. The van der Waals surface area contributed by atoms with Gasteiger partial charge in [0.05, 0.1) is 8.07 Å². The van der Waals surface area contributed by atoms with Gasteiger partial charge < -0.3 is 5.32 Å². The van der Waals surface area contributed by atoms with E-state index in [2.05, 4.69) is 30.7 Å². The van der Waals surface area contributed by atoms with Crippen LogP contribution in [-0.2, 0) is 0 Å². The summed E-state index contributed by atoms with van der Waals surface area (Å²) in [5, 5.41) is 2.21. The first-order chi connectivity index (χ1) is 8.95. The van der Waals surface area contributed by atoms with Crippen molar-refractivity contribution in [3.8, 4) is 0 Å². The predicted molar refractivity (Wildman–Crippen MR) is 81.7 cm³/mol. The number of unbranched alkanes of at least 4 members (excludes halogenated alkanes) is 1. The Morgan fingerprint density at radius 1 is 1.32 bits per heavy atom. The predicted octanol–water partition coefficient (Wildman–Crippen LogP) is 4.83. The van der Waals surface area contributed by atoms with Crippen LogP contribution in [0.25, 0.3) is 0 Å². The van der Waals surface area contributed by atoms with Crippen LogP contribution >= 0.6 is 0 Å². The molecule has 1 amide bonds. The summed E-state index contributed by atoms with van der Waals surface area (Å²) in [7, 11) is -1.19. The van der Waals surface area contributed by atoms with Crippen molar-refractivity contribution in [2.45, 2.75) is 63.6 Å². The third-order valence-corrected chi connectivity index (χ3v) is 8.46. The standard InChI is InChI=1S/C15H28FNOSi/c1-4-19(2,3)14-10-8-13(9-11-14)7-5-6-12-17-15(16)18/h4,13-14H,1,5-12H2,2-3H3,(H,17,18). The van der Waals surface area contributed by atoms with Gasteiger partial charge in [-0.2, -0.15) is 0 Å². The van der Waals surface area contributed by atoms with E-state index in [1.54, 1.807) is 0 Å². The lowest BCUT2D eigenvalue weighted by Crippen LogP contribution is -2.32. The highest BCUT2D eigenvalue weighted by atomic mass is 28.3. The van der Waals surface area contributed by atoms with Gasteiger partial charge in [-0.05, 0) is 17.9 Å². The van der Waals surface area contributed by atoms with Gasteiger partial charge >= 0.3 is 6.16 Å². The second-order valence-electron chi connectivity index (χ2n) is 6.44. The topological polar surface area (TPSA) is 29.1 Å². The highest BCUT2D eigenvalue weighted by molar-refractivity contribution is 6.83. The van der Waals surface area contributed by atoms with Gasteiger partial charge in [-0.15, -0.1) is 16.7 Å². The van der Waals surface area contributed by atoms with Crippen molar-refractivity contribution in [3.63, 3.8) is 0 Å². The van der Waals surface area contributed by atoms with Gasteiger partial charge in [-0.25, -0.2) is 4.79 Å². The lowest BCUT2D eigenvalue weighted by molar-refractivity contribution is 0.221. The highest BCUT2D eigenvalue weighted by Crippen LogP contribution is 2.41. The molecule has 0 saturated heterocycles. The molecule has 2 nitrogen and oxygen atoms in total. The summed E-state index contributed by atoms with van der Waals surface area (Å²) in [5.74, 6) is 0.840. The van der Waals surface area contributed by atoms with Gasteiger partial charge in [0.25, 0.3) is 0 Å². The average molecular weight is 285 g/mol. The number of hydrogen-bond acceptors (Lipinski definition) is 1. The summed E-state index contributed by atoms with van der Waals surface area (Å²) in [5.41, 5.74) is 3.14. The number of carbonyl (C=O) groups is 1. The molecule has 0 aromatic heterocycles. The van der Waals surface area contributed by atoms with Crippen LogP contribution in [0.4, 0.5) is 9.18 Å². The third kappa shape index (κ3) is 5.89. The van der Waals surface area contributed by atoms with Gasteiger partial charge in [0.1, 0.15) is 0 Å². The summed E-state index contributed by atoms with van der Waals surface area (Å²) in [6, 6.07) is 0. The van der Waals surface area contributed by atoms with E-state index in [4.69, 9.17) is 0 Å². The van der Waals surface area contributed by atoms with E-state index in [0.29, 0.717) is 6.54 Å². The van der Waals surface area contributed by atoms with Gasteiger partial charge in [-0.3, -0.25) is 0 Å². The molecule has 1 rings (SSSR count). The Kier molecular flexibility index (Phi) is 6.76. The molecule has 1 fully saturated rings. The molecule has 1 aliphatic carbocycles. The van der Waals surface area contributed by atoms with Crippen LogP contribution in [0.5, 0.6) is 0 Å². The number of halogens is 1. The molecular weight excluding hydrogens is 257 g/mol. The molecule has 0 aromatic rings. The molecule has 4 heteroatoms. The summed E-state index contributed by atoms with van der Waals surface area (Å²) in [6.07, 6.45) is 7.20. The third-order valence-electron chi connectivity index (χ3n) is 4.73. The fourth-order valence-electron chi connectivity index (χ4n) is 3.11. The van der Waals surface area contributed by atoms with Crippen LogP contribution in [0, 0.1) is 5.92 Å². The quantitative estimate of drug-likeness (QED) is 0.309. The van der Waals surface area contributed by atoms with Crippen LogP contribution in [0.3, 0.4) is 0 Å². The summed E-state index contributed by atoms with van der Waals surface area (Å²) in [4.78, 5) is 10.1. The second kappa shape index (κ2) is 7.83. The maximum absolute atomic E-state index is 11.9. The lowest BCUT2D eigenvalue weighted by Gasteiger charge is -2.36. The number of rotatable bonds is 7. The maximum Gasteiger partial charge on any atom is 0.397 e. The zero-order chi connectivity index (χ0) is 14.3. The van der Waals surface area contributed by atoms with Crippen LogP contribution in [0.15, 0.2) is 12.3 Å². The molecule has 0 bridgehead atoms. The molecular formula is C15H28FNOSi. The van der Waals surface area contributed by atoms with Gasteiger partial charge in [0.2, 0.25) is 0 Å². The average Bonchev–Trinajstić information content (AvgIpc) is 2.38. The molecule has 0 spiro atoms. The zero-order valence-electron chi connectivity index (χ0n) is 12.4. The van der Waals surface area contributed by atoms with Crippen LogP contribution in [-0.4, -0.2) is 20.8 Å². The molecule has 19 heavy (non-hydrogen) atoms. The van der Waals surface area contributed by atoms with Crippen molar-refractivity contribution in [1.29, 1.82) is 0 Å². The second-order valence-corrected chi connectivity index (χ2v) is 11.3. The monoisotopic (exact) mass is 285 g/mol. The van der Waals surface area contributed by atoms with E-state index in [1.165, 1.54) is 32.1 Å². The Balaban J connectivity index is 2.13. The number of carbonyl (C=O) groups excluding carboxylic acids is 1. The van der Waals surface area contributed by atoms with E-state index in [-0.39, 0.29) is 0 Å². The summed E-state index contributed by atoms with van der Waals surface area (Å²) >= 11 is 0. The van der Waals surface area contributed by atoms with Crippen molar-refractivity contribution in [1.82, 2.24) is 5.32 Å². The Morgan fingerprint density at radius 2 is 1.95 bits per heavy atom. The largest absolute Gasteiger partial charge is 0.397 e. The number of hydrogen-bond donors (Lipinski definition) is 1. The molecule has 0 aliphatic heterocycles. The lowest BCUT2D eigenvalue weighted by atomic mass is 9.85. The van der Waals surface area contributed by atoms with Crippen molar-refractivity contribution in [2.24, 2.45) is 5.92 Å². The first kappa shape index (κ1) is 16.4. The van der Waals surface area contributed by atoms with Crippen LogP contribution in [0.2, 0.25) is 18.6 Å². The number of amides is 1. The maximum atomic E-state index is 11.9. The van der Waals surface area contributed by atoms with Gasteiger partial charge in [-0.1, -0.05) is 51.6 Å². The fourth-order valence-corrected chi connectivity index (χ4v) is 5.26. The molecule has 0 aromatic carbocycles. The normalized spacial score (nSPS) is 23.9. The molecule has 110 valence electrons. The molecule has 1 aliphatic rings. The van der Waals surface area contributed by atoms with E-state index in [1.807, 2.05) is 0 Å². The first-order valence-corrected chi connectivity index (χ1v) is 10.7. The minimum Gasteiger partial charge on any atom is -0.328 e. The SMILES string of the molecule is C=C[Si](C)(C)C1CCC(CCCCNC(=O)F)CC1. The van der Waals surface area contributed by atoms with E-state index in [9.17, 15) is 9.18 Å². The van der Waals surface area contributed by atoms with Crippen molar-refractivity contribution < 1.29 is 9.18 Å². The minimum atomic E-state index is -1.41. The smallest absolute Gasteiger partial charge is 0.328 e. The van der Waals surface area contributed by atoms with E-state index in [0.717, 1.165) is 24.3 Å². The summed E-state index contributed by atoms with van der Waals surface area (Å²) < 4.78 is 11.9. The summed E-state index contributed by atoms with van der Waals surface area (Å²) in [6.45, 7) is 9.32. The Morgan fingerprint density at radius 3 is 2.47 bits per heavy atom. The van der Waals surface area contributed by atoms with Gasteiger partial charge in [0, 0.05) is 6.54 Å². The molecule has 0 unspecified atom stereocenters. The molecule has 1 saturated carbocycles. The minimum absolute atomic E-state index is 0.473. The van der Waals surface area contributed by atoms with Crippen molar-refractivity contribution in [3.05, 3.63) is 12.3 Å². The zero-order valence-corrected chi connectivity index (χ0v) is 13.4. The fraction of sp³-hybridized carbons (Fsp3) is 0.800. The molecule has 0 radical (unpaired) electrons. The Labute approximate surface area is 117 Å². The van der Waals surface area contributed by atoms with E-state index >= 15 is 0 Å². The Hall–Kier alpha value is -0.643. The number of nitrogens with one attached hydrogen (secondary N) is 1. The molecule has 1 N–H and O–H groups in total. The van der Waals surface area contributed by atoms with E-state index < -0.39 is 14.2 Å². The first-order valence-electron chi connectivity index (χ1n) is 7.52. The van der Waals surface area contributed by atoms with Crippen LogP contribution < -0.4 is 5.32 Å². The van der Waals surface area contributed by atoms with Crippen molar-refractivity contribution in [2.75, 3.05) is 6.54 Å². The Bertz CT molecular complexity index is 299.